The number of aryl methyl sites for hydroxylation is 2. The molecule has 0 aliphatic carbocycles. The molecule has 0 radical (unpaired) electrons. The van der Waals surface area contributed by atoms with Crippen LogP contribution in [0.2, 0.25) is 0 Å². The van der Waals surface area contributed by atoms with Crippen molar-refractivity contribution >= 4 is 5.69 Å². The van der Waals surface area contributed by atoms with E-state index in [9.17, 15) is 10.1 Å². The number of nitrogens with zero attached hydrogens (tertiary/aromatic N) is 2. The summed E-state index contributed by atoms with van der Waals surface area (Å²) in [5, 5.41) is 11.1. The number of hydrogen-bond donors (Lipinski definition) is 1. The van der Waals surface area contributed by atoms with Gasteiger partial charge in [0.05, 0.1) is 4.92 Å². The Morgan fingerprint density at radius 3 is 2.57 bits per heavy atom. The van der Waals surface area contributed by atoms with Crippen LogP contribution in [0.15, 0.2) is 30.5 Å². The SMILES string of the molecule is Cc1cc(C)c(Oc2ccc([C@H](C)N)cn2)c([N+](=O)[O-])c1. The van der Waals surface area contributed by atoms with Crippen LogP contribution in [0.5, 0.6) is 11.6 Å². The summed E-state index contributed by atoms with van der Waals surface area (Å²) in [7, 11) is 0. The Bertz CT molecular complexity index is 667. The molecule has 1 heterocycles. The number of benzene rings is 1. The maximum absolute atomic E-state index is 11.1. The summed E-state index contributed by atoms with van der Waals surface area (Å²) in [5.41, 5.74) is 8.07. The van der Waals surface area contributed by atoms with Crippen LogP contribution in [-0.2, 0) is 0 Å². The highest BCUT2D eigenvalue weighted by molar-refractivity contribution is 5.54. The second kappa shape index (κ2) is 5.88. The van der Waals surface area contributed by atoms with Gasteiger partial charge in [-0.1, -0.05) is 12.1 Å². The lowest BCUT2D eigenvalue weighted by molar-refractivity contribution is -0.385. The summed E-state index contributed by atoms with van der Waals surface area (Å²) in [6.45, 7) is 5.43. The summed E-state index contributed by atoms with van der Waals surface area (Å²) in [6, 6.07) is 6.64. The zero-order valence-electron chi connectivity index (χ0n) is 12.2. The van der Waals surface area contributed by atoms with E-state index in [1.54, 1.807) is 32.2 Å². The van der Waals surface area contributed by atoms with Crippen molar-refractivity contribution < 1.29 is 9.66 Å². The van der Waals surface area contributed by atoms with Gasteiger partial charge in [-0.2, -0.15) is 0 Å². The molecule has 21 heavy (non-hydrogen) atoms. The van der Waals surface area contributed by atoms with Gasteiger partial charge in [0.1, 0.15) is 0 Å². The fourth-order valence-electron chi connectivity index (χ4n) is 2.03. The normalized spacial score (nSPS) is 12.0. The van der Waals surface area contributed by atoms with Crippen LogP contribution in [0, 0.1) is 24.0 Å². The van der Waals surface area contributed by atoms with Crippen LogP contribution in [0.25, 0.3) is 0 Å². The summed E-state index contributed by atoms with van der Waals surface area (Å²) < 4.78 is 5.60. The van der Waals surface area contributed by atoms with E-state index in [1.165, 1.54) is 6.07 Å². The molecule has 0 aliphatic rings. The molecule has 2 N–H and O–H groups in total. The third kappa shape index (κ3) is 3.35. The van der Waals surface area contributed by atoms with Gasteiger partial charge >= 0.3 is 5.69 Å². The molecule has 6 heteroatoms. The van der Waals surface area contributed by atoms with Gasteiger partial charge in [0.15, 0.2) is 0 Å². The van der Waals surface area contributed by atoms with Crippen LogP contribution in [-0.4, -0.2) is 9.91 Å². The average molecular weight is 287 g/mol. The van der Waals surface area contributed by atoms with Crippen LogP contribution < -0.4 is 10.5 Å². The maximum Gasteiger partial charge on any atom is 0.312 e. The van der Waals surface area contributed by atoms with Crippen LogP contribution in [0.1, 0.15) is 29.7 Å². The number of pyridine rings is 1. The third-order valence-electron chi connectivity index (χ3n) is 3.09. The minimum absolute atomic E-state index is 0.0643. The molecule has 1 aromatic carbocycles. The summed E-state index contributed by atoms with van der Waals surface area (Å²) in [4.78, 5) is 14.8. The van der Waals surface area contributed by atoms with Crippen molar-refractivity contribution in [3.63, 3.8) is 0 Å². The first kappa shape index (κ1) is 14.9. The van der Waals surface area contributed by atoms with E-state index in [2.05, 4.69) is 4.98 Å². The monoisotopic (exact) mass is 287 g/mol. The first-order chi connectivity index (χ1) is 9.88. The number of hydrogen-bond acceptors (Lipinski definition) is 5. The van der Waals surface area contributed by atoms with Crippen molar-refractivity contribution in [2.75, 3.05) is 0 Å². The van der Waals surface area contributed by atoms with Crippen molar-refractivity contribution in [1.82, 2.24) is 4.98 Å². The van der Waals surface area contributed by atoms with E-state index >= 15 is 0 Å². The Labute approximate surface area is 122 Å². The van der Waals surface area contributed by atoms with E-state index in [1.807, 2.05) is 13.0 Å². The van der Waals surface area contributed by atoms with Crippen molar-refractivity contribution in [1.29, 1.82) is 0 Å². The molecule has 2 aromatic rings. The molecule has 0 saturated carbocycles. The van der Waals surface area contributed by atoms with Gasteiger partial charge in [-0.25, -0.2) is 4.98 Å². The van der Waals surface area contributed by atoms with E-state index in [4.69, 9.17) is 10.5 Å². The first-order valence-corrected chi connectivity index (χ1v) is 6.53. The molecule has 0 unspecified atom stereocenters. The van der Waals surface area contributed by atoms with Gasteiger partial charge in [0.2, 0.25) is 11.6 Å². The van der Waals surface area contributed by atoms with Crippen LogP contribution in [0.4, 0.5) is 5.69 Å². The van der Waals surface area contributed by atoms with E-state index in [0.717, 1.165) is 11.1 Å². The van der Waals surface area contributed by atoms with Crippen molar-refractivity contribution in [2.45, 2.75) is 26.8 Å². The molecule has 0 aliphatic heterocycles. The lowest BCUT2D eigenvalue weighted by atomic mass is 10.1. The number of ether oxygens (including phenoxy) is 1. The molecule has 0 spiro atoms. The zero-order chi connectivity index (χ0) is 15.6. The lowest BCUT2D eigenvalue weighted by Gasteiger charge is -2.10. The third-order valence-corrected chi connectivity index (χ3v) is 3.09. The average Bonchev–Trinajstić information content (AvgIpc) is 2.41. The molecule has 0 fully saturated rings. The highest BCUT2D eigenvalue weighted by Gasteiger charge is 2.19. The second-order valence-corrected chi connectivity index (χ2v) is 5.01. The molecule has 0 amide bonds. The maximum atomic E-state index is 11.1. The fraction of sp³-hybridized carbons (Fsp3) is 0.267. The Morgan fingerprint density at radius 2 is 2.05 bits per heavy atom. The molecular formula is C15H17N3O3. The molecular weight excluding hydrogens is 270 g/mol. The second-order valence-electron chi connectivity index (χ2n) is 5.01. The Morgan fingerprint density at radius 1 is 1.33 bits per heavy atom. The van der Waals surface area contributed by atoms with Crippen molar-refractivity contribution in [2.24, 2.45) is 5.73 Å². The van der Waals surface area contributed by atoms with Crippen LogP contribution >= 0.6 is 0 Å². The first-order valence-electron chi connectivity index (χ1n) is 6.53. The number of nitrogens with two attached hydrogens (primary N) is 1. The standard InChI is InChI=1S/C15H17N3O3/c1-9-6-10(2)15(13(7-9)18(19)20)21-14-5-4-12(8-17-14)11(3)16/h4-8,11H,16H2,1-3H3/t11-/m0/s1. The van der Waals surface area contributed by atoms with Gasteiger partial charge in [-0.15, -0.1) is 0 Å². The largest absolute Gasteiger partial charge is 0.432 e. The van der Waals surface area contributed by atoms with E-state index < -0.39 is 4.92 Å². The Hall–Kier alpha value is -2.47. The van der Waals surface area contributed by atoms with Crippen molar-refractivity contribution in [3.05, 3.63) is 57.3 Å². The lowest BCUT2D eigenvalue weighted by Crippen LogP contribution is -2.05. The molecule has 0 bridgehead atoms. The van der Waals surface area contributed by atoms with Gasteiger partial charge in [0, 0.05) is 24.4 Å². The predicted molar refractivity (Wildman–Crippen MR) is 79.5 cm³/mol. The number of aromatic nitrogens is 1. The number of nitro benzene ring substituents is 1. The van der Waals surface area contributed by atoms with Crippen molar-refractivity contribution in [3.8, 4) is 11.6 Å². The van der Waals surface area contributed by atoms with Gasteiger partial charge < -0.3 is 10.5 Å². The van der Waals surface area contributed by atoms with E-state index in [-0.39, 0.29) is 17.5 Å². The highest BCUT2D eigenvalue weighted by atomic mass is 16.6. The number of nitro groups is 1. The fourth-order valence-corrected chi connectivity index (χ4v) is 2.03. The minimum atomic E-state index is -0.453. The molecule has 1 aromatic heterocycles. The van der Waals surface area contributed by atoms with E-state index in [0.29, 0.717) is 11.4 Å². The summed E-state index contributed by atoms with van der Waals surface area (Å²) in [6.07, 6.45) is 1.61. The molecule has 2 rings (SSSR count). The minimum Gasteiger partial charge on any atom is -0.432 e. The summed E-state index contributed by atoms with van der Waals surface area (Å²) >= 11 is 0. The Kier molecular flexibility index (Phi) is 4.18. The molecule has 0 saturated heterocycles. The van der Waals surface area contributed by atoms with Crippen LogP contribution in [0.3, 0.4) is 0 Å². The van der Waals surface area contributed by atoms with Gasteiger partial charge in [-0.05, 0) is 37.5 Å². The topological polar surface area (TPSA) is 91.3 Å². The smallest absolute Gasteiger partial charge is 0.312 e. The highest BCUT2D eigenvalue weighted by Crippen LogP contribution is 2.35. The van der Waals surface area contributed by atoms with Gasteiger partial charge in [0.25, 0.3) is 0 Å². The number of rotatable bonds is 4. The Balaban J connectivity index is 2.37. The predicted octanol–water partition coefficient (Wildman–Crippen LogP) is 3.42. The summed E-state index contributed by atoms with van der Waals surface area (Å²) in [5.74, 6) is 0.515. The molecule has 110 valence electrons. The zero-order valence-corrected chi connectivity index (χ0v) is 12.2. The molecule has 1 atom stereocenters. The quantitative estimate of drug-likeness (QED) is 0.687. The molecule has 6 nitrogen and oxygen atoms in total. The van der Waals surface area contributed by atoms with Gasteiger partial charge in [-0.3, -0.25) is 10.1 Å².